The molecule has 4 aliphatic rings. The smallest absolute Gasteiger partial charge is 0.0907 e. The fourth-order valence-electron chi connectivity index (χ4n) is 4.73. The summed E-state index contributed by atoms with van der Waals surface area (Å²) in [5.41, 5.74) is 9.59. The van der Waals surface area contributed by atoms with E-state index in [4.69, 9.17) is 15.0 Å². The first-order valence-corrected chi connectivity index (χ1v) is 11.4. The molecular weight excluding hydrogens is 420 g/mol. The molecule has 0 saturated heterocycles. The van der Waals surface area contributed by atoms with Crippen LogP contribution in [0.25, 0.3) is 11.6 Å². The van der Waals surface area contributed by atoms with Gasteiger partial charge in [-0.15, -0.1) is 0 Å². The minimum absolute atomic E-state index is 0.0902. The normalized spacial score (nSPS) is 21.5. The molecule has 2 N–H and O–H groups in total. The first kappa shape index (κ1) is 20.4. The molecule has 1 aromatic heterocycles. The molecule has 0 unspecified atom stereocenters. The minimum atomic E-state index is -0.0902. The highest BCUT2D eigenvalue weighted by Crippen LogP contribution is 2.38. The van der Waals surface area contributed by atoms with Gasteiger partial charge in [0.2, 0.25) is 0 Å². The first-order chi connectivity index (χ1) is 16.5. The van der Waals surface area contributed by atoms with Crippen LogP contribution in [0.5, 0.6) is 0 Å². The Morgan fingerprint density at radius 3 is 2.50 bits per heavy atom. The number of nitrogens with one attached hydrogen (secondary N) is 1. The molecule has 2 aromatic rings. The molecule has 166 valence electrons. The Morgan fingerprint density at radius 2 is 1.68 bits per heavy atom. The molecule has 0 atom stereocenters. The summed E-state index contributed by atoms with van der Waals surface area (Å²) in [5, 5.41) is 10.1. The number of aliphatic imine (C=N–C) groups is 3. The van der Waals surface area contributed by atoms with Crippen molar-refractivity contribution in [2.75, 3.05) is 0 Å². The SMILES string of the molecule is CC1(C)CC2=Cc3ccc([nH]3)C(c3ccccc3)=C3C=CC(=N3)/C(=C/O)C3=NC(=CC1=N2)C=C3. The summed E-state index contributed by atoms with van der Waals surface area (Å²) in [6.07, 6.45) is 13.9. The number of aromatic nitrogens is 1. The molecule has 0 amide bonds. The van der Waals surface area contributed by atoms with Gasteiger partial charge in [0.1, 0.15) is 0 Å². The van der Waals surface area contributed by atoms with Crippen molar-refractivity contribution in [2.45, 2.75) is 20.3 Å². The average molecular weight is 445 g/mol. The number of aromatic amines is 1. The zero-order valence-corrected chi connectivity index (χ0v) is 19.1. The van der Waals surface area contributed by atoms with Crippen molar-refractivity contribution in [1.29, 1.82) is 0 Å². The minimum Gasteiger partial charge on any atom is -0.515 e. The summed E-state index contributed by atoms with van der Waals surface area (Å²) < 4.78 is 0. The van der Waals surface area contributed by atoms with Gasteiger partial charge in [0.25, 0.3) is 0 Å². The molecule has 8 bridgehead atoms. The average Bonchev–Trinajstić information content (AvgIpc) is 3.60. The number of H-pyrrole nitrogens is 1. The predicted octanol–water partition coefficient (Wildman–Crippen LogP) is 6.35. The Balaban J connectivity index is 1.60. The van der Waals surface area contributed by atoms with Crippen molar-refractivity contribution in [3.05, 3.63) is 119 Å². The number of hydrogen-bond donors (Lipinski definition) is 2. The Bertz CT molecular complexity index is 1480. The van der Waals surface area contributed by atoms with E-state index in [0.29, 0.717) is 17.0 Å². The van der Waals surface area contributed by atoms with Crippen molar-refractivity contribution >= 4 is 28.8 Å². The summed E-state index contributed by atoms with van der Waals surface area (Å²) in [4.78, 5) is 18.2. The zero-order chi connectivity index (χ0) is 23.3. The molecule has 0 aliphatic carbocycles. The van der Waals surface area contributed by atoms with Crippen LogP contribution in [0.1, 0.15) is 37.2 Å². The van der Waals surface area contributed by atoms with E-state index >= 15 is 0 Å². The van der Waals surface area contributed by atoms with Crippen molar-refractivity contribution in [3.8, 4) is 0 Å². The number of benzene rings is 1. The summed E-state index contributed by atoms with van der Waals surface area (Å²) in [5.74, 6) is 0. The Labute approximate surface area is 198 Å². The molecule has 34 heavy (non-hydrogen) atoms. The zero-order valence-electron chi connectivity index (χ0n) is 19.1. The molecule has 6 rings (SSSR count). The van der Waals surface area contributed by atoms with Crippen LogP contribution in [0.15, 0.2) is 117 Å². The third-order valence-corrected chi connectivity index (χ3v) is 6.47. The molecular formula is C29H24N4O. The lowest BCUT2D eigenvalue weighted by Gasteiger charge is -2.17. The maximum absolute atomic E-state index is 10.1. The van der Waals surface area contributed by atoms with Crippen molar-refractivity contribution in [2.24, 2.45) is 20.4 Å². The third kappa shape index (κ3) is 3.46. The molecule has 0 radical (unpaired) electrons. The molecule has 5 nitrogen and oxygen atoms in total. The summed E-state index contributed by atoms with van der Waals surface area (Å²) >= 11 is 0. The van der Waals surface area contributed by atoms with E-state index in [-0.39, 0.29) is 5.41 Å². The monoisotopic (exact) mass is 444 g/mol. The van der Waals surface area contributed by atoms with Gasteiger partial charge in [-0.05, 0) is 54.2 Å². The largest absolute Gasteiger partial charge is 0.515 e. The molecule has 4 aliphatic heterocycles. The van der Waals surface area contributed by atoms with Crippen molar-refractivity contribution < 1.29 is 5.11 Å². The molecule has 0 spiro atoms. The van der Waals surface area contributed by atoms with E-state index < -0.39 is 0 Å². The predicted molar refractivity (Wildman–Crippen MR) is 139 cm³/mol. The van der Waals surface area contributed by atoms with Gasteiger partial charge in [-0.2, -0.15) is 0 Å². The molecule has 0 fully saturated rings. The second kappa shape index (κ2) is 7.66. The number of fused-ring (bicyclic) bond motifs is 5. The fourth-order valence-corrected chi connectivity index (χ4v) is 4.73. The van der Waals surface area contributed by atoms with E-state index in [1.54, 1.807) is 0 Å². The standard InChI is InChI=1S/C29H24N4O/c1-29(2)16-21-14-19-9-11-25(31-19)28(18-6-4-3-5-7-18)26-13-12-24(33-26)22(17-34)23-10-8-20(30-23)15-27(29)32-21/h3-15,17,31,34H,16H2,1-2H3/b20-15?,21-14?,22-17+,28-26?. The van der Waals surface area contributed by atoms with Gasteiger partial charge in [0.05, 0.1) is 34.7 Å². The number of hydrogen-bond acceptors (Lipinski definition) is 4. The number of rotatable bonds is 1. The number of nitrogens with zero attached hydrogens (tertiary/aromatic N) is 3. The Hall–Kier alpha value is -4.25. The van der Waals surface area contributed by atoms with Crippen LogP contribution >= 0.6 is 0 Å². The second-order valence-corrected chi connectivity index (χ2v) is 9.42. The van der Waals surface area contributed by atoms with E-state index in [2.05, 4.69) is 49.2 Å². The van der Waals surface area contributed by atoms with Crippen molar-refractivity contribution in [3.63, 3.8) is 0 Å². The van der Waals surface area contributed by atoms with E-state index in [1.807, 2.05) is 48.6 Å². The van der Waals surface area contributed by atoms with E-state index in [0.717, 1.165) is 58.0 Å². The lowest BCUT2D eigenvalue weighted by atomic mass is 9.85. The lowest BCUT2D eigenvalue weighted by molar-refractivity contribution is 0.472. The van der Waals surface area contributed by atoms with Crippen LogP contribution in [-0.2, 0) is 0 Å². The Morgan fingerprint density at radius 1 is 0.882 bits per heavy atom. The number of allylic oxidation sites excluding steroid dienone is 7. The van der Waals surface area contributed by atoms with Gasteiger partial charge in [-0.3, -0.25) is 4.99 Å². The molecule has 5 heterocycles. The maximum Gasteiger partial charge on any atom is 0.0907 e. The number of aliphatic hydroxyl groups is 1. The lowest BCUT2D eigenvalue weighted by Crippen LogP contribution is -2.17. The van der Waals surface area contributed by atoms with Gasteiger partial charge in [-0.1, -0.05) is 44.2 Å². The summed E-state index contributed by atoms with van der Waals surface area (Å²) in [6.45, 7) is 4.41. The first-order valence-electron chi connectivity index (χ1n) is 11.4. The molecule has 0 saturated carbocycles. The van der Waals surface area contributed by atoms with Gasteiger partial charge in [-0.25, -0.2) is 9.98 Å². The summed E-state index contributed by atoms with van der Waals surface area (Å²) in [7, 11) is 0. The number of aliphatic hydroxyl groups excluding tert-OH is 1. The quantitative estimate of drug-likeness (QED) is 0.495. The molecule has 5 heteroatoms. The van der Waals surface area contributed by atoms with Gasteiger partial charge in [0, 0.05) is 40.2 Å². The van der Waals surface area contributed by atoms with Gasteiger partial charge < -0.3 is 10.1 Å². The van der Waals surface area contributed by atoms with Crippen LogP contribution in [-0.4, -0.2) is 27.2 Å². The highest BCUT2D eigenvalue weighted by molar-refractivity contribution is 6.33. The maximum atomic E-state index is 10.1. The van der Waals surface area contributed by atoms with Crippen LogP contribution < -0.4 is 0 Å². The molecule has 1 aromatic carbocycles. The van der Waals surface area contributed by atoms with E-state index in [9.17, 15) is 5.11 Å². The van der Waals surface area contributed by atoms with Gasteiger partial charge >= 0.3 is 0 Å². The van der Waals surface area contributed by atoms with Crippen LogP contribution in [0.4, 0.5) is 0 Å². The summed E-state index contributed by atoms with van der Waals surface area (Å²) in [6, 6.07) is 14.4. The third-order valence-electron chi connectivity index (χ3n) is 6.47. The highest BCUT2D eigenvalue weighted by atomic mass is 16.2. The van der Waals surface area contributed by atoms with Gasteiger partial charge in [0.15, 0.2) is 0 Å². The fraction of sp³-hybridized carbons (Fsp3) is 0.138. The van der Waals surface area contributed by atoms with Crippen LogP contribution in [0, 0.1) is 5.41 Å². The second-order valence-electron chi connectivity index (χ2n) is 9.42. The van der Waals surface area contributed by atoms with Crippen LogP contribution in [0.3, 0.4) is 0 Å². The Kier molecular flexibility index (Phi) is 4.59. The highest BCUT2D eigenvalue weighted by Gasteiger charge is 2.31. The van der Waals surface area contributed by atoms with Crippen LogP contribution in [0.2, 0.25) is 0 Å². The van der Waals surface area contributed by atoms with Crippen molar-refractivity contribution in [1.82, 2.24) is 4.98 Å². The topological polar surface area (TPSA) is 73.1 Å². The van der Waals surface area contributed by atoms with E-state index in [1.165, 1.54) is 0 Å².